The number of amides is 1. The smallest absolute Gasteiger partial charge is 0.255 e. The molecule has 0 radical (unpaired) electrons. The molecular formula is C28H36FN3O4. The lowest BCUT2D eigenvalue weighted by Gasteiger charge is -2.34. The predicted molar refractivity (Wildman–Crippen MR) is 137 cm³/mol. The number of piperidine rings is 1. The number of fused-ring (bicyclic) bond motifs is 1. The molecule has 8 heteroatoms. The van der Waals surface area contributed by atoms with E-state index in [9.17, 15) is 14.0 Å². The van der Waals surface area contributed by atoms with Gasteiger partial charge in [-0.15, -0.1) is 0 Å². The third-order valence-corrected chi connectivity index (χ3v) is 7.25. The van der Waals surface area contributed by atoms with E-state index < -0.39 is 5.67 Å². The highest BCUT2D eigenvalue weighted by Gasteiger charge is 2.32. The standard InChI is InChI=1S/C28H36FN3O4/c1-5-20-16-22(6-7-23(20)25(33)19(2)8-14-35-4)32-13-15-36-24-17-21(18-30-26(24)32)27(34)31-11-9-28(3,29)10-12-31/h6-7,16-19H,5,8-15H2,1-4H3. The Morgan fingerprint density at radius 2 is 1.97 bits per heavy atom. The molecule has 1 amide bonds. The van der Waals surface area contributed by atoms with Crippen molar-refractivity contribution in [2.24, 2.45) is 5.92 Å². The van der Waals surface area contributed by atoms with Gasteiger partial charge in [-0.2, -0.15) is 0 Å². The number of anilines is 2. The van der Waals surface area contributed by atoms with Gasteiger partial charge in [0.05, 0.1) is 12.1 Å². The minimum Gasteiger partial charge on any atom is -0.488 e. The zero-order valence-corrected chi connectivity index (χ0v) is 21.7. The summed E-state index contributed by atoms with van der Waals surface area (Å²) in [5, 5.41) is 0. The zero-order chi connectivity index (χ0) is 25.9. The zero-order valence-electron chi connectivity index (χ0n) is 21.7. The molecule has 36 heavy (non-hydrogen) atoms. The molecule has 2 aliphatic heterocycles. The molecule has 194 valence electrons. The van der Waals surface area contributed by atoms with Crippen molar-refractivity contribution in [1.82, 2.24) is 9.88 Å². The molecule has 1 unspecified atom stereocenters. The molecule has 0 saturated carbocycles. The third kappa shape index (κ3) is 5.53. The van der Waals surface area contributed by atoms with Crippen molar-refractivity contribution in [1.29, 1.82) is 0 Å². The van der Waals surface area contributed by atoms with Gasteiger partial charge < -0.3 is 19.3 Å². The van der Waals surface area contributed by atoms with Crippen LogP contribution in [0.15, 0.2) is 30.5 Å². The van der Waals surface area contributed by atoms with Crippen LogP contribution in [0, 0.1) is 5.92 Å². The summed E-state index contributed by atoms with van der Waals surface area (Å²) in [6.07, 6.45) is 3.67. The molecule has 0 aliphatic carbocycles. The van der Waals surface area contributed by atoms with Crippen molar-refractivity contribution in [2.75, 3.05) is 44.9 Å². The summed E-state index contributed by atoms with van der Waals surface area (Å²) >= 11 is 0. The Morgan fingerprint density at radius 3 is 2.67 bits per heavy atom. The second-order valence-corrected chi connectivity index (χ2v) is 9.99. The highest BCUT2D eigenvalue weighted by Crippen LogP contribution is 2.37. The SMILES string of the molecule is CCc1cc(N2CCOc3cc(C(=O)N4CCC(C)(F)CC4)cnc32)ccc1C(=O)C(C)CCOC. The molecule has 4 rings (SSSR count). The second-order valence-electron chi connectivity index (χ2n) is 9.99. The first-order valence-electron chi connectivity index (χ1n) is 12.8. The van der Waals surface area contributed by atoms with Crippen molar-refractivity contribution in [3.8, 4) is 5.75 Å². The van der Waals surface area contributed by atoms with E-state index in [-0.39, 0.29) is 17.6 Å². The Bertz CT molecular complexity index is 1110. The first-order valence-corrected chi connectivity index (χ1v) is 12.8. The van der Waals surface area contributed by atoms with Crippen molar-refractivity contribution in [3.05, 3.63) is 47.2 Å². The van der Waals surface area contributed by atoms with Gasteiger partial charge in [0, 0.05) is 50.2 Å². The number of aryl methyl sites for hydroxylation is 1. The van der Waals surface area contributed by atoms with Gasteiger partial charge in [-0.3, -0.25) is 9.59 Å². The van der Waals surface area contributed by atoms with Gasteiger partial charge in [0.1, 0.15) is 12.3 Å². The van der Waals surface area contributed by atoms with E-state index in [1.807, 2.05) is 32.0 Å². The number of alkyl halides is 1. The lowest BCUT2D eigenvalue weighted by Crippen LogP contribution is -2.43. The summed E-state index contributed by atoms with van der Waals surface area (Å²) in [5.74, 6) is 1.06. The number of Topliss-reactive ketones (excluding diaryl/α,β-unsaturated/α-hetero) is 1. The van der Waals surface area contributed by atoms with E-state index in [1.165, 1.54) is 0 Å². The third-order valence-electron chi connectivity index (χ3n) is 7.25. The van der Waals surface area contributed by atoms with Crippen LogP contribution in [-0.4, -0.2) is 67.2 Å². The number of halogens is 1. The highest BCUT2D eigenvalue weighted by atomic mass is 19.1. The fourth-order valence-corrected chi connectivity index (χ4v) is 4.80. The van der Waals surface area contributed by atoms with Crippen molar-refractivity contribution < 1.29 is 23.5 Å². The topological polar surface area (TPSA) is 72.0 Å². The van der Waals surface area contributed by atoms with Crippen LogP contribution >= 0.6 is 0 Å². The Kier molecular flexibility index (Phi) is 7.93. The monoisotopic (exact) mass is 497 g/mol. The maximum Gasteiger partial charge on any atom is 0.255 e. The van der Waals surface area contributed by atoms with Crippen LogP contribution in [0.25, 0.3) is 0 Å². The number of hydrogen-bond donors (Lipinski definition) is 0. The van der Waals surface area contributed by atoms with E-state index in [0.717, 1.165) is 23.2 Å². The minimum absolute atomic E-state index is 0.110. The number of benzene rings is 1. The second kappa shape index (κ2) is 10.9. The number of ketones is 1. The fraction of sp³-hybridized carbons (Fsp3) is 0.536. The number of carbonyl (C=O) groups is 2. The molecule has 0 N–H and O–H groups in total. The number of nitrogens with zero attached hydrogens (tertiary/aromatic N) is 3. The Morgan fingerprint density at radius 1 is 1.22 bits per heavy atom. The van der Waals surface area contributed by atoms with E-state index in [0.29, 0.717) is 69.2 Å². The molecule has 0 bridgehead atoms. The van der Waals surface area contributed by atoms with Gasteiger partial charge in [0.2, 0.25) is 0 Å². The number of hydrogen-bond acceptors (Lipinski definition) is 6. The quantitative estimate of drug-likeness (QED) is 0.479. The lowest BCUT2D eigenvalue weighted by atomic mass is 9.92. The number of likely N-dealkylation sites (tertiary alicyclic amines) is 1. The molecule has 2 aromatic rings. The van der Waals surface area contributed by atoms with Crippen molar-refractivity contribution >= 4 is 23.2 Å². The summed E-state index contributed by atoms with van der Waals surface area (Å²) in [4.78, 5) is 34.4. The molecule has 3 heterocycles. The molecule has 1 aromatic heterocycles. The molecule has 1 aromatic carbocycles. The fourth-order valence-electron chi connectivity index (χ4n) is 4.80. The molecule has 7 nitrogen and oxygen atoms in total. The predicted octanol–water partition coefficient (Wildman–Crippen LogP) is 4.99. The van der Waals surface area contributed by atoms with E-state index >= 15 is 0 Å². The van der Waals surface area contributed by atoms with Crippen molar-refractivity contribution in [3.63, 3.8) is 0 Å². The maximum atomic E-state index is 14.2. The first kappa shape index (κ1) is 26.1. The minimum atomic E-state index is -1.21. The Labute approximate surface area is 212 Å². The van der Waals surface area contributed by atoms with Gasteiger partial charge in [0.15, 0.2) is 17.4 Å². The molecule has 1 fully saturated rings. The van der Waals surface area contributed by atoms with Crippen LogP contribution in [-0.2, 0) is 11.2 Å². The Hall–Kier alpha value is -3.00. The number of rotatable bonds is 8. The number of pyridine rings is 1. The van der Waals surface area contributed by atoms with Gasteiger partial charge in [-0.05, 0) is 62.4 Å². The van der Waals surface area contributed by atoms with Crippen LogP contribution in [0.1, 0.15) is 66.3 Å². The van der Waals surface area contributed by atoms with E-state index in [4.69, 9.17) is 9.47 Å². The summed E-state index contributed by atoms with van der Waals surface area (Å²) in [7, 11) is 1.64. The largest absolute Gasteiger partial charge is 0.488 e. The highest BCUT2D eigenvalue weighted by molar-refractivity contribution is 5.99. The van der Waals surface area contributed by atoms with Crippen LogP contribution < -0.4 is 9.64 Å². The average molecular weight is 498 g/mol. The molecule has 2 aliphatic rings. The molecular weight excluding hydrogens is 461 g/mol. The molecule has 0 spiro atoms. The molecule has 1 saturated heterocycles. The number of carbonyl (C=O) groups excluding carboxylic acids is 2. The van der Waals surface area contributed by atoms with Crippen LogP contribution in [0.4, 0.5) is 15.9 Å². The summed E-state index contributed by atoms with van der Waals surface area (Å²) in [5.41, 5.74) is 1.90. The van der Waals surface area contributed by atoms with Crippen LogP contribution in [0.3, 0.4) is 0 Å². The summed E-state index contributed by atoms with van der Waals surface area (Å²) in [6.45, 7) is 7.98. The number of aromatic nitrogens is 1. The van der Waals surface area contributed by atoms with Gasteiger partial charge in [0.25, 0.3) is 5.91 Å². The lowest BCUT2D eigenvalue weighted by molar-refractivity contribution is 0.0503. The maximum absolute atomic E-state index is 14.2. The normalized spacial score (nSPS) is 17.8. The Balaban J connectivity index is 1.55. The van der Waals surface area contributed by atoms with Crippen LogP contribution in [0.2, 0.25) is 0 Å². The number of ether oxygens (including phenoxy) is 2. The van der Waals surface area contributed by atoms with Crippen LogP contribution in [0.5, 0.6) is 5.75 Å². The number of methoxy groups -OCH3 is 1. The summed E-state index contributed by atoms with van der Waals surface area (Å²) in [6, 6.07) is 7.64. The molecule has 1 atom stereocenters. The van der Waals surface area contributed by atoms with E-state index in [2.05, 4.69) is 9.88 Å². The van der Waals surface area contributed by atoms with E-state index in [1.54, 1.807) is 31.2 Å². The first-order chi connectivity index (χ1) is 17.2. The van der Waals surface area contributed by atoms with Gasteiger partial charge in [-0.25, -0.2) is 9.37 Å². The summed E-state index contributed by atoms with van der Waals surface area (Å²) < 4.78 is 25.2. The average Bonchev–Trinajstić information content (AvgIpc) is 2.89. The van der Waals surface area contributed by atoms with Crippen molar-refractivity contribution in [2.45, 2.75) is 52.1 Å². The van der Waals surface area contributed by atoms with Gasteiger partial charge in [-0.1, -0.05) is 13.8 Å². The van der Waals surface area contributed by atoms with Gasteiger partial charge >= 0.3 is 0 Å².